The van der Waals surface area contributed by atoms with E-state index in [0.717, 1.165) is 13.1 Å². The summed E-state index contributed by atoms with van der Waals surface area (Å²) >= 11 is 0. The van der Waals surface area contributed by atoms with Crippen molar-refractivity contribution in [1.82, 2.24) is 0 Å². The minimum Gasteiger partial charge on any atom is -1.00 e. The average Bonchev–Trinajstić information content (AvgIpc) is 2.85. The van der Waals surface area contributed by atoms with Gasteiger partial charge in [-0.25, -0.2) is 9.48 Å². The lowest BCUT2D eigenvalue weighted by Crippen LogP contribution is -3.00. The zero-order valence-electron chi connectivity index (χ0n) is 15.6. The quantitative estimate of drug-likeness (QED) is 0.753. The lowest BCUT2D eigenvalue weighted by atomic mass is 10.0. The van der Waals surface area contributed by atoms with Crippen LogP contribution in [0.2, 0.25) is 0 Å². The Morgan fingerprint density at radius 3 is 1.71 bits per heavy atom. The van der Waals surface area contributed by atoms with Gasteiger partial charge in [0.05, 0.1) is 0 Å². The summed E-state index contributed by atoms with van der Waals surface area (Å²) in [5.41, 5.74) is 10.8. The first kappa shape index (κ1) is 18.5. The van der Waals surface area contributed by atoms with Crippen molar-refractivity contribution in [3.05, 3.63) is 57.6 Å². The lowest BCUT2D eigenvalue weighted by molar-refractivity contribution is -0.425. The Balaban J connectivity index is 0.00000208. The summed E-state index contributed by atoms with van der Waals surface area (Å²) in [4.78, 5) is 2.41. The maximum Gasteiger partial charge on any atom is 0.244 e. The molecule has 0 fully saturated rings. The molecule has 0 saturated heterocycles. The molecular weight excluding hydrogens is 316 g/mol. The summed E-state index contributed by atoms with van der Waals surface area (Å²) in [6.07, 6.45) is 2.29. The summed E-state index contributed by atoms with van der Waals surface area (Å²) in [5, 5.41) is 0. The molecule has 3 rings (SSSR count). The molecule has 0 radical (unpaired) electrons. The highest BCUT2D eigenvalue weighted by Gasteiger charge is 2.27. The van der Waals surface area contributed by atoms with Gasteiger partial charge in [-0.1, -0.05) is 35.4 Å². The van der Waals surface area contributed by atoms with Gasteiger partial charge in [-0.15, -0.1) is 0 Å². The van der Waals surface area contributed by atoms with Crippen LogP contribution in [-0.2, 0) is 0 Å². The topological polar surface area (TPSA) is 6.25 Å². The van der Waals surface area contributed by atoms with Gasteiger partial charge in [-0.2, -0.15) is 0 Å². The minimum atomic E-state index is 0. The molecule has 3 heteroatoms. The number of aryl methyl sites for hydroxylation is 6. The Morgan fingerprint density at radius 2 is 1.21 bits per heavy atom. The van der Waals surface area contributed by atoms with Crippen LogP contribution in [0.4, 0.5) is 11.4 Å². The van der Waals surface area contributed by atoms with Crippen LogP contribution < -0.4 is 17.3 Å². The molecule has 0 atom stereocenters. The van der Waals surface area contributed by atoms with E-state index in [9.17, 15) is 0 Å². The van der Waals surface area contributed by atoms with Crippen molar-refractivity contribution >= 4 is 17.7 Å². The monoisotopic (exact) mass is 342 g/mol. The molecule has 0 N–H and O–H groups in total. The van der Waals surface area contributed by atoms with Crippen LogP contribution in [0.5, 0.6) is 0 Å². The van der Waals surface area contributed by atoms with Gasteiger partial charge in [-0.3, -0.25) is 0 Å². The summed E-state index contributed by atoms with van der Waals surface area (Å²) in [6, 6.07) is 9.12. The average molecular weight is 343 g/mol. The van der Waals surface area contributed by atoms with Gasteiger partial charge in [0.15, 0.2) is 0 Å². The second-order valence-corrected chi connectivity index (χ2v) is 7.00. The van der Waals surface area contributed by atoms with Crippen LogP contribution in [0.15, 0.2) is 24.3 Å². The largest absolute Gasteiger partial charge is 1.00 e. The number of halogens is 1. The highest BCUT2D eigenvalue weighted by molar-refractivity contribution is 5.82. The van der Waals surface area contributed by atoms with Crippen molar-refractivity contribution in [1.29, 1.82) is 0 Å². The Labute approximate surface area is 152 Å². The Hall–Kier alpha value is -1.80. The van der Waals surface area contributed by atoms with E-state index in [0.29, 0.717) is 0 Å². The predicted octanol–water partition coefficient (Wildman–Crippen LogP) is 1.73. The van der Waals surface area contributed by atoms with E-state index in [1.54, 1.807) is 0 Å². The number of rotatable bonds is 2. The van der Waals surface area contributed by atoms with Gasteiger partial charge in [0, 0.05) is 0 Å². The molecule has 1 aliphatic heterocycles. The van der Waals surface area contributed by atoms with Crippen molar-refractivity contribution in [2.45, 2.75) is 41.5 Å². The number of hydrogen-bond acceptors (Lipinski definition) is 1. The summed E-state index contributed by atoms with van der Waals surface area (Å²) in [5.74, 6) is 0. The molecule has 0 spiro atoms. The third-order valence-electron chi connectivity index (χ3n) is 4.71. The molecule has 2 nitrogen and oxygen atoms in total. The van der Waals surface area contributed by atoms with Crippen LogP contribution in [0.25, 0.3) is 0 Å². The van der Waals surface area contributed by atoms with Gasteiger partial charge in [-0.05, 0) is 63.8 Å². The molecule has 0 aliphatic carbocycles. The standard InChI is InChI=1S/C21H27N2.ClH/c1-14-9-16(3)20(17(4)10-14)22-7-8-23(13-22)21-18(5)11-15(2)12-19(21)6;/h9-13H,7-8H2,1-6H3;1H/q+1;/p-1. The SMILES string of the molecule is Cc1cc(C)c(N2C=[N+](c3c(C)cc(C)cc3C)CC2)c(C)c1.[Cl-]. The minimum absolute atomic E-state index is 0. The van der Waals surface area contributed by atoms with Crippen molar-refractivity contribution in [3.8, 4) is 0 Å². The fraction of sp³-hybridized carbons (Fsp3) is 0.381. The number of nitrogens with zero attached hydrogens (tertiary/aromatic N) is 2. The van der Waals surface area contributed by atoms with E-state index in [2.05, 4.69) is 81.6 Å². The molecule has 1 heterocycles. The highest BCUT2D eigenvalue weighted by Crippen LogP contribution is 2.30. The zero-order valence-corrected chi connectivity index (χ0v) is 16.3. The zero-order chi connectivity index (χ0) is 16.7. The Bertz CT molecular complexity index is 759. The van der Waals surface area contributed by atoms with E-state index < -0.39 is 0 Å². The molecule has 0 amide bonds. The molecular formula is C21H27ClN2. The van der Waals surface area contributed by atoms with Crippen molar-refractivity contribution in [3.63, 3.8) is 0 Å². The van der Waals surface area contributed by atoms with E-state index in [1.165, 1.54) is 44.8 Å². The molecule has 0 unspecified atom stereocenters. The first-order valence-corrected chi connectivity index (χ1v) is 8.41. The highest BCUT2D eigenvalue weighted by atomic mass is 35.5. The Morgan fingerprint density at radius 1 is 0.750 bits per heavy atom. The maximum atomic E-state index is 2.41. The smallest absolute Gasteiger partial charge is 0.244 e. The van der Waals surface area contributed by atoms with Crippen LogP contribution in [0, 0.1) is 41.5 Å². The predicted molar refractivity (Wildman–Crippen MR) is 99.5 cm³/mol. The summed E-state index contributed by atoms with van der Waals surface area (Å²) < 4.78 is 2.41. The van der Waals surface area contributed by atoms with Crippen LogP contribution in [-0.4, -0.2) is 24.0 Å². The second-order valence-electron chi connectivity index (χ2n) is 7.00. The van der Waals surface area contributed by atoms with E-state index >= 15 is 0 Å². The molecule has 0 saturated carbocycles. The maximum absolute atomic E-state index is 2.41. The second kappa shape index (κ2) is 6.98. The number of anilines is 1. The fourth-order valence-electron chi connectivity index (χ4n) is 4.09. The van der Waals surface area contributed by atoms with Crippen LogP contribution in [0.1, 0.15) is 33.4 Å². The van der Waals surface area contributed by atoms with E-state index in [-0.39, 0.29) is 12.4 Å². The Kier molecular flexibility index (Phi) is 5.39. The van der Waals surface area contributed by atoms with Gasteiger partial charge in [0.1, 0.15) is 24.5 Å². The molecule has 2 aromatic carbocycles. The number of hydrogen-bond donors (Lipinski definition) is 0. The van der Waals surface area contributed by atoms with Crippen molar-refractivity contribution < 1.29 is 17.0 Å². The first-order chi connectivity index (χ1) is 10.9. The van der Waals surface area contributed by atoms with Crippen LogP contribution in [0.3, 0.4) is 0 Å². The third-order valence-corrected chi connectivity index (χ3v) is 4.71. The molecule has 24 heavy (non-hydrogen) atoms. The van der Waals surface area contributed by atoms with E-state index in [1.807, 2.05) is 0 Å². The van der Waals surface area contributed by atoms with Gasteiger partial charge in [0.25, 0.3) is 0 Å². The molecule has 0 bridgehead atoms. The summed E-state index contributed by atoms with van der Waals surface area (Å²) in [6.45, 7) is 15.3. The van der Waals surface area contributed by atoms with Crippen molar-refractivity contribution in [2.75, 3.05) is 18.0 Å². The van der Waals surface area contributed by atoms with E-state index in [4.69, 9.17) is 0 Å². The molecule has 0 aromatic heterocycles. The lowest BCUT2D eigenvalue weighted by Gasteiger charge is -2.13. The van der Waals surface area contributed by atoms with Gasteiger partial charge < -0.3 is 12.4 Å². The van der Waals surface area contributed by atoms with Gasteiger partial charge >= 0.3 is 0 Å². The number of benzene rings is 2. The van der Waals surface area contributed by atoms with Gasteiger partial charge in [0.2, 0.25) is 6.34 Å². The molecule has 2 aromatic rings. The fourth-order valence-corrected chi connectivity index (χ4v) is 4.09. The first-order valence-electron chi connectivity index (χ1n) is 8.41. The van der Waals surface area contributed by atoms with Crippen molar-refractivity contribution in [2.24, 2.45) is 0 Å². The third kappa shape index (κ3) is 3.34. The van der Waals surface area contributed by atoms with Crippen LogP contribution >= 0.6 is 0 Å². The molecule has 128 valence electrons. The molecule has 1 aliphatic rings. The normalized spacial score (nSPS) is 13.8. The summed E-state index contributed by atoms with van der Waals surface area (Å²) in [7, 11) is 0.